The lowest BCUT2D eigenvalue weighted by Gasteiger charge is -2.14. The Labute approximate surface area is 155 Å². The normalized spacial score (nSPS) is 16.3. The second-order valence-electron chi connectivity index (χ2n) is 4.99. The van der Waals surface area contributed by atoms with E-state index in [4.69, 9.17) is 11.6 Å². The molecular weight excluding hydrogens is 417 g/mol. The number of nitrogens with zero attached hydrogens (tertiary/aromatic N) is 1. The summed E-state index contributed by atoms with van der Waals surface area (Å²) in [5.41, 5.74) is 0.913. The van der Waals surface area contributed by atoms with Crippen LogP contribution in [0.25, 0.3) is 6.08 Å². The summed E-state index contributed by atoms with van der Waals surface area (Å²) in [6, 6.07) is 11.6. The van der Waals surface area contributed by atoms with Gasteiger partial charge in [0.05, 0.1) is 11.4 Å². The lowest BCUT2D eigenvalue weighted by Crippen LogP contribution is -2.28. The maximum absolute atomic E-state index is 13.9. The molecule has 0 bridgehead atoms. The van der Waals surface area contributed by atoms with E-state index >= 15 is 0 Å². The third-order valence-electron chi connectivity index (χ3n) is 3.44. The van der Waals surface area contributed by atoms with E-state index in [9.17, 15) is 14.0 Å². The molecule has 0 unspecified atom stereocenters. The van der Waals surface area contributed by atoms with Crippen molar-refractivity contribution in [2.45, 2.75) is 6.54 Å². The molecule has 0 aliphatic carbocycles. The van der Waals surface area contributed by atoms with Crippen molar-refractivity contribution >= 4 is 56.5 Å². The van der Waals surface area contributed by atoms with Crippen LogP contribution in [0, 0.1) is 5.82 Å². The number of rotatable bonds is 3. The number of halogens is 3. The average molecular weight is 427 g/mol. The number of amides is 2. The predicted molar refractivity (Wildman–Crippen MR) is 97.1 cm³/mol. The third-order valence-corrected chi connectivity index (χ3v) is 5.43. The van der Waals surface area contributed by atoms with Gasteiger partial charge in [0.25, 0.3) is 11.1 Å². The molecule has 1 aliphatic heterocycles. The molecule has 0 atom stereocenters. The molecule has 2 aromatic carbocycles. The van der Waals surface area contributed by atoms with Gasteiger partial charge in [-0.2, -0.15) is 0 Å². The van der Waals surface area contributed by atoms with Crippen LogP contribution >= 0.6 is 39.3 Å². The summed E-state index contributed by atoms with van der Waals surface area (Å²) in [6.45, 7) is -0.191. The van der Waals surface area contributed by atoms with Crippen LogP contribution in [0.1, 0.15) is 11.1 Å². The van der Waals surface area contributed by atoms with Crippen molar-refractivity contribution in [2.75, 3.05) is 0 Å². The van der Waals surface area contributed by atoms with Crippen molar-refractivity contribution in [1.82, 2.24) is 4.90 Å². The molecule has 0 saturated carbocycles. The smallest absolute Gasteiger partial charge is 0.268 e. The van der Waals surface area contributed by atoms with E-state index in [0.29, 0.717) is 4.91 Å². The van der Waals surface area contributed by atoms with Crippen molar-refractivity contribution in [3.63, 3.8) is 0 Å². The van der Waals surface area contributed by atoms with E-state index in [1.54, 1.807) is 6.08 Å². The fourth-order valence-corrected chi connectivity index (χ4v) is 3.66. The first-order valence-corrected chi connectivity index (χ1v) is 8.89. The molecular formula is C17H10BrClFNO2S. The fraction of sp³-hybridized carbons (Fsp3) is 0.0588. The van der Waals surface area contributed by atoms with Crippen LogP contribution in [0.2, 0.25) is 5.02 Å². The number of hydrogen-bond acceptors (Lipinski definition) is 3. The van der Waals surface area contributed by atoms with Crippen LogP contribution in [0.5, 0.6) is 0 Å². The summed E-state index contributed by atoms with van der Waals surface area (Å²) in [4.78, 5) is 25.9. The molecule has 0 N–H and O–H groups in total. The number of carbonyl (C=O) groups excluding carboxylic acids is 2. The van der Waals surface area contributed by atoms with Crippen molar-refractivity contribution in [3.8, 4) is 0 Å². The van der Waals surface area contributed by atoms with E-state index in [2.05, 4.69) is 15.9 Å². The molecule has 2 amide bonds. The SMILES string of the molecule is O=C1S/C(=C\c2ccccc2Br)C(=O)N1Cc1c(F)cccc1Cl. The number of imide groups is 1. The molecule has 3 rings (SSSR count). The van der Waals surface area contributed by atoms with Crippen LogP contribution < -0.4 is 0 Å². The Kier molecular flexibility index (Phi) is 5.08. The minimum absolute atomic E-state index is 0.128. The molecule has 7 heteroatoms. The third kappa shape index (κ3) is 3.41. The molecule has 122 valence electrons. The molecule has 24 heavy (non-hydrogen) atoms. The van der Waals surface area contributed by atoms with Crippen molar-refractivity contribution < 1.29 is 14.0 Å². The van der Waals surface area contributed by atoms with Crippen molar-refractivity contribution in [3.05, 3.63) is 73.8 Å². The Morgan fingerprint density at radius 2 is 1.92 bits per heavy atom. The Hall–Kier alpha value is -1.63. The minimum Gasteiger partial charge on any atom is -0.268 e. The van der Waals surface area contributed by atoms with Gasteiger partial charge in [-0.05, 0) is 41.6 Å². The molecule has 0 spiro atoms. The van der Waals surface area contributed by atoms with Gasteiger partial charge in [-0.1, -0.05) is 51.8 Å². The van der Waals surface area contributed by atoms with E-state index < -0.39 is 17.0 Å². The summed E-state index contributed by atoms with van der Waals surface area (Å²) < 4.78 is 14.7. The van der Waals surface area contributed by atoms with Crippen molar-refractivity contribution in [1.29, 1.82) is 0 Å². The largest absolute Gasteiger partial charge is 0.293 e. The van der Waals surface area contributed by atoms with E-state index in [1.807, 2.05) is 24.3 Å². The highest BCUT2D eigenvalue weighted by Gasteiger charge is 2.35. The first-order valence-electron chi connectivity index (χ1n) is 6.90. The number of carbonyl (C=O) groups is 2. The highest BCUT2D eigenvalue weighted by molar-refractivity contribution is 9.10. The minimum atomic E-state index is -0.545. The molecule has 1 fully saturated rings. The molecule has 1 aliphatic rings. The molecule has 0 radical (unpaired) electrons. The Bertz CT molecular complexity index is 851. The summed E-state index contributed by atoms with van der Waals surface area (Å²) in [5, 5.41) is -0.263. The molecule has 3 nitrogen and oxygen atoms in total. The lowest BCUT2D eigenvalue weighted by molar-refractivity contribution is -0.123. The second-order valence-corrected chi connectivity index (χ2v) is 7.24. The number of thioether (sulfide) groups is 1. The van der Waals surface area contributed by atoms with E-state index in [-0.39, 0.29) is 17.1 Å². The van der Waals surface area contributed by atoms with E-state index in [1.165, 1.54) is 18.2 Å². The summed E-state index contributed by atoms with van der Waals surface area (Å²) in [7, 11) is 0. The zero-order valence-corrected chi connectivity index (χ0v) is 15.3. The maximum atomic E-state index is 13.9. The van der Waals surface area contributed by atoms with Gasteiger partial charge >= 0.3 is 0 Å². The summed E-state index contributed by atoms with van der Waals surface area (Å²) >= 11 is 10.2. The van der Waals surface area contributed by atoms with Gasteiger partial charge in [0.2, 0.25) is 0 Å². The van der Waals surface area contributed by atoms with Crippen LogP contribution in [0.3, 0.4) is 0 Å². The topological polar surface area (TPSA) is 37.4 Å². The Morgan fingerprint density at radius 1 is 1.17 bits per heavy atom. The molecule has 0 aromatic heterocycles. The van der Waals surface area contributed by atoms with Gasteiger partial charge in [0, 0.05) is 15.1 Å². The number of hydrogen-bond donors (Lipinski definition) is 0. The maximum Gasteiger partial charge on any atom is 0.293 e. The Morgan fingerprint density at radius 3 is 2.62 bits per heavy atom. The number of benzene rings is 2. The quantitative estimate of drug-likeness (QED) is 0.610. The Balaban J connectivity index is 1.89. The van der Waals surface area contributed by atoms with Crippen LogP contribution in [0.15, 0.2) is 51.8 Å². The van der Waals surface area contributed by atoms with Crippen molar-refractivity contribution in [2.24, 2.45) is 0 Å². The summed E-state index contributed by atoms with van der Waals surface area (Å²) in [5.74, 6) is -1.00. The van der Waals surface area contributed by atoms with Gasteiger partial charge in [-0.3, -0.25) is 14.5 Å². The average Bonchev–Trinajstić information content (AvgIpc) is 2.80. The predicted octanol–water partition coefficient (Wildman–Crippen LogP) is 5.48. The second kappa shape index (κ2) is 7.09. The van der Waals surface area contributed by atoms with Crippen LogP contribution in [-0.4, -0.2) is 16.0 Å². The van der Waals surface area contributed by atoms with E-state index in [0.717, 1.165) is 26.7 Å². The van der Waals surface area contributed by atoms with Crippen LogP contribution in [-0.2, 0) is 11.3 Å². The first kappa shape index (κ1) is 17.2. The molecule has 1 saturated heterocycles. The van der Waals surface area contributed by atoms with Crippen LogP contribution in [0.4, 0.5) is 9.18 Å². The highest BCUT2D eigenvalue weighted by atomic mass is 79.9. The van der Waals surface area contributed by atoms with Gasteiger partial charge in [-0.25, -0.2) is 4.39 Å². The zero-order valence-electron chi connectivity index (χ0n) is 12.1. The van der Waals surface area contributed by atoms with Gasteiger partial charge in [0.1, 0.15) is 5.82 Å². The standard InChI is InChI=1S/C17H10BrClFNO2S/c18-12-5-2-1-4-10(12)8-15-16(22)21(17(23)24-15)9-11-13(19)6-3-7-14(11)20/h1-8H,9H2/b15-8-. The molecule has 2 aromatic rings. The zero-order chi connectivity index (χ0) is 17.3. The lowest BCUT2D eigenvalue weighted by atomic mass is 10.2. The van der Waals surface area contributed by atoms with Gasteiger partial charge in [-0.15, -0.1) is 0 Å². The van der Waals surface area contributed by atoms with Gasteiger partial charge < -0.3 is 0 Å². The highest BCUT2D eigenvalue weighted by Crippen LogP contribution is 2.35. The fourth-order valence-electron chi connectivity index (χ4n) is 2.21. The monoisotopic (exact) mass is 425 g/mol. The summed E-state index contributed by atoms with van der Waals surface area (Å²) in [6.07, 6.45) is 1.64. The first-order chi connectivity index (χ1) is 11.5. The molecule has 1 heterocycles. The van der Waals surface area contributed by atoms with Gasteiger partial charge in [0.15, 0.2) is 0 Å².